The summed E-state index contributed by atoms with van der Waals surface area (Å²) in [6.45, 7) is 4.76. The minimum atomic E-state index is -0.755. The summed E-state index contributed by atoms with van der Waals surface area (Å²) < 4.78 is 0. The Bertz CT molecular complexity index is 129. The summed E-state index contributed by atoms with van der Waals surface area (Å²) in [7, 11) is 0. The number of amides is 1. The third-order valence-electron chi connectivity index (χ3n) is 1.59. The monoisotopic (exact) mass is 196 g/mol. The van der Waals surface area contributed by atoms with Crippen molar-refractivity contribution in [3.8, 4) is 0 Å². The maximum Gasteiger partial charge on any atom is 0.241 e. The number of nitrogens with zero attached hydrogens (tertiary/aromatic N) is 1. The molecule has 0 aromatic carbocycles. The standard InChI is InChI=1S/C7H16N2O2.ClH/c1-3-9(4-2)7(11)6(8)5-10;/h6,10H,3-5,8H2,1-2H3;1H. The maximum absolute atomic E-state index is 11.2. The fourth-order valence-corrected chi connectivity index (χ4v) is 0.848. The molecule has 3 N–H and O–H groups in total. The van der Waals surface area contributed by atoms with Gasteiger partial charge in [-0.05, 0) is 13.8 Å². The van der Waals surface area contributed by atoms with Gasteiger partial charge in [-0.15, -0.1) is 12.4 Å². The highest BCUT2D eigenvalue weighted by atomic mass is 35.5. The number of hydrogen-bond acceptors (Lipinski definition) is 3. The lowest BCUT2D eigenvalue weighted by Crippen LogP contribution is -2.45. The predicted octanol–water partition coefficient (Wildman–Crippen LogP) is -0.404. The number of nitrogens with two attached hydrogens (primary N) is 1. The summed E-state index contributed by atoms with van der Waals surface area (Å²) in [5, 5.41) is 8.57. The zero-order valence-electron chi connectivity index (χ0n) is 7.49. The minimum absolute atomic E-state index is 0. The molecule has 1 amide bonds. The molecule has 0 bridgehead atoms. The first-order chi connectivity index (χ1) is 5.17. The molecule has 0 saturated carbocycles. The van der Waals surface area contributed by atoms with Gasteiger partial charge in [0.2, 0.25) is 5.91 Å². The van der Waals surface area contributed by atoms with E-state index in [9.17, 15) is 4.79 Å². The van der Waals surface area contributed by atoms with Crippen LogP contribution in [0.5, 0.6) is 0 Å². The zero-order chi connectivity index (χ0) is 8.85. The van der Waals surface area contributed by atoms with Crippen LogP contribution in [0.25, 0.3) is 0 Å². The summed E-state index contributed by atoms with van der Waals surface area (Å²) in [4.78, 5) is 12.8. The van der Waals surface area contributed by atoms with Gasteiger partial charge in [0.25, 0.3) is 0 Å². The van der Waals surface area contributed by atoms with Crippen molar-refractivity contribution in [2.75, 3.05) is 19.7 Å². The molecule has 0 fully saturated rings. The molecule has 0 spiro atoms. The van der Waals surface area contributed by atoms with Gasteiger partial charge in [-0.1, -0.05) is 0 Å². The van der Waals surface area contributed by atoms with Gasteiger partial charge in [0.1, 0.15) is 6.04 Å². The zero-order valence-corrected chi connectivity index (χ0v) is 8.30. The van der Waals surface area contributed by atoms with E-state index in [2.05, 4.69) is 0 Å². The number of rotatable bonds is 4. The van der Waals surface area contributed by atoms with Crippen LogP contribution >= 0.6 is 12.4 Å². The number of aliphatic hydroxyl groups is 1. The predicted molar refractivity (Wildman–Crippen MR) is 50.2 cm³/mol. The molecule has 0 rings (SSSR count). The van der Waals surface area contributed by atoms with Gasteiger partial charge in [0.15, 0.2) is 0 Å². The van der Waals surface area contributed by atoms with Crippen molar-refractivity contribution in [3.63, 3.8) is 0 Å². The number of aliphatic hydroxyl groups excluding tert-OH is 1. The van der Waals surface area contributed by atoms with E-state index in [-0.39, 0.29) is 24.9 Å². The second-order valence-electron chi connectivity index (χ2n) is 2.30. The first-order valence-corrected chi connectivity index (χ1v) is 3.82. The number of carbonyl (C=O) groups excluding carboxylic acids is 1. The van der Waals surface area contributed by atoms with E-state index in [1.807, 2.05) is 13.8 Å². The van der Waals surface area contributed by atoms with Crippen LogP contribution in [0, 0.1) is 0 Å². The topological polar surface area (TPSA) is 66.6 Å². The van der Waals surface area contributed by atoms with Gasteiger partial charge in [0.05, 0.1) is 6.61 Å². The molecule has 12 heavy (non-hydrogen) atoms. The Morgan fingerprint density at radius 2 is 1.92 bits per heavy atom. The van der Waals surface area contributed by atoms with E-state index in [1.54, 1.807) is 4.90 Å². The molecular weight excluding hydrogens is 180 g/mol. The van der Waals surface area contributed by atoms with Crippen molar-refractivity contribution in [3.05, 3.63) is 0 Å². The number of likely N-dealkylation sites (N-methyl/N-ethyl adjacent to an activating group) is 1. The van der Waals surface area contributed by atoms with Crippen LogP contribution in [-0.4, -0.2) is 41.7 Å². The highest BCUT2D eigenvalue weighted by Gasteiger charge is 2.16. The van der Waals surface area contributed by atoms with Gasteiger partial charge in [-0.2, -0.15) is 0 Å². The fourth-order valence-electron chi connectivity index (χ4n) is 0.848. The Kier molecular flexibility index (Phi) is 8.69. The van der Waals surface area contributed by atoms with Crippen molar-refractivity contribution >= 4 is 18.3 Å². The molecule has 1 atom stereocenters. The first kappa shape index (κ1) is 14.2. The molecule has 0 saturated heterocycles. The van der Waals surface area contributed by atoms with E-state index in [0.717, 1.165) is 0 Å². The minimum Gasteiger partial charge on any atom is -0.394 e. The Morgan fingerprint density at radius 3 is 2.17 bits per heavy atom. The van der Waals surface area contributed by atoms with Crippen LogP contribution < -0.4 is 5.73 Å². The van der Waals surface area contributed by atoms with Gasteiger partial charge >= 0.3 is 0 Å². The lowest BCUT2D eigenvalue weighted by atomic mass is 10.3. The Morgan fingerprint density at radius 1 is 1.50 bits per heavy atom. The summed E-state index contributed by atoms with van der Waals surface area (Å²) in [5.41, 5.74) is 5.33. The van der Waals surface area contributed by atoms with Crippen molar-refractivity contribution in [2.45, 2.75) is 19.9 Å². The molecule has 0 aliphatic rings. The summed E-state index contributed by atoms with van der Waals surface area (Å²) in [6.07, 6.45) is 0. The van der Waals surface area contributed by atoms with Crippen LogP contribution in [-0.2, 0) is 4.79 Å². The van der Waals surface area contributed by atoms with Crippen LogP contribution in [0.2, 0.25) is 0 Å². The number of halogens is 1. The van der Waals surface area contributed by atoms with Crippen LogP contribution in [0.4, 0.5) is 0 Å². The maximum atomic E-state index is 11.2. The second-order valence-corrected chi connectivity index (χ2v) is 2.30. The summed E-state index contributed by atoms with van der Waals surface area (Å²) in [6, 6.07) is -0.755. The molecule has 0 aromatic heterocycles. The van der Waals surface area contributed by atoms with Crippen molar-refractivity contribution in [2.24, 2.45) is 5.73 Å². The quantitative estimate of drug-likeness (QED) is 0.643. The SMILES string of the molecule is CCN(CC)C(=O)C(N)CO.Cl. The number of carbonyl (C=O) groups is 1. The van der Waals surface area contributed by atoms with E-state index < -0.39 is 6.04 Å². The molecule has 0 aliphatic heterocycles. The van der Waals surface area contributed by atoms with Crippen LogP contribution in [0.1, 0.15) is 13.8 Å². The third-order valence-corrected chi connectivity index (χ3v) is 1.59. The van der Waals surface area contributed by atoms with Gasteiger partial charge in [-0.3, -0.25) is 4.79 Å². The first-order valence-electron chi connectivity index (χ1n) is 3.82. The Balaban J connectivity index is 0. The van der Waals surface area contributed by atoms with E-state index >= 15 is 0 Å². The second kappa shape index (κ2) is 7.34. The molecule has 1 unspecified atom stereocenters. The van der Waals surface area contributed by atoms with Crippen molar-refractivity contribution in [1.29, 1.82) is 0 Å². The Hall–Kier alpha value is -0.320. The summed E-state index contributed by atoms with van der Waals surface area (Å²) >= 11 is 0. The number of hydrogen-bond donors (Lipinski definition) is 2. The molecule has 4 nitrogen and oxygen atoms in total. The molecule has 0 aromatic rings. The fraction of sp³-hybridized carbons (Fsp3) is 0.857. The molecule has 74 valence electrons. The molecule has 5 heteroatoms. The highest BCUT2D eigenvalue weighted by Crippen LogP contribution is 1.91. The average Bonchev–Trinajstić information content (AvgIpc) is 2.05. The Labute approximate surface area is 79.1 Å². The normalized spacial score (nSPS) is 11.7. The largest absolute Gasteiger partial charge is 0.394 e. The lowest BCUT2D eigenvalue weighted by molar-refractivity contribution is -0.133. The van der Waals surface area contributed by atoms with Gasteiger partial charge in [-0.25, -0.2) is 0 Å². The van der Waals surface area contributed by atoms with Crippen molar-refractivity contribution in [1.82, 2.24) is 4.90 Å². The average molecular weight is 197 g/mol. The third kappa shape index (κ3) is 3.90. The molecule has 0 radical (unpaired) electrons. The van der Waals surface area contributed by atoms with Crippen LogP contribution in [0.3, 0.4) is 0 Å². The lowest BCUT2D eigenvalue weighted by Gasteiger charge is -2.21. The van der Waals surface area contributed by atoms with E-state index in [0.29, 0.717) is 13.1 Å². The van der Waals surface area contributed by atoms with E-state index in [4.69, 9.17) is 10.8 Å². The molecular formula is C7H17ClN2O2. The summed E-state index contributed by atoms with van der Waals surface area (Å²) in [5.74, 6) is -0.183. The smallest absolute Gasteiger partial charge is 0.241 e. The van der Waals surface area contributed by atoms with Gasteiger partial charge in [0, 0.05) is 13.1 Å². The molecule has 0 aliphatic carbocycles. The molecule has 0 heterocycles. The van der Waals surface area contributed by atoms with Crippen molar-refractivity contribution < 1.29 is 9.90 Å². The van der Waals surface area contributed by atoms with Crippen LogP contribution in [0.15, 0.2) is 0 Å². The van der Waals surface area contributed by atoms with Gasteiger partial charge < -0.3 is 15.7 Å². The highest BCUT2D eigenvalue weighted by molar-refractivity contribution is 5.85. The van der Waals surface area contributed by atoms with E-state index in [1.165, 1.54) is 0 Å².